The van der Waals surface area contributed by atoms with Gasteiger partial charge in [-0.15, -0.1) is 0 Å². The van der Waals surface area contributed by atoms with Crippen molar-refractivity contribution in [2.75, 3.05) is 26.8 Å². The Morgan fingerprint density at radius 3 is 2.64 bits per heavy atom. The van der Waals surface area contributed by atoms with Crippen LogP contribution in [0.25, 0.3) is 11.0 Å². The van der Waals surface area contributed by atoms with Crippen LogP contribution in [0.2, 0.25) is 0 Å². The van der Waals surface area contributed by atoms with E-state index in [4.69, 9.17) is 9.15 Å². The standard InChI is InChI=1S/C20H22N2O3/c1-24-12-11-21-14-19(23)22-20(15-7-3-2-4-8-15)18-13-16-9-5-6-10-17(16)25-18/h2-10,13,20-21H,11-12,14H2,1H3,(H,22,23). The van der Waals surface area contributed by atoms with Gasteiger partial charge in [0.15, 0.2) is 0 Å². The molecule has 0 aliphatic carbocycles. The van der Waals surface area contributed by atoms with E-state index in [-0.39, 0.29) is 18.5 Å². The topological polar surface area (TPSA) is 63.5 Å². The predicted molar refractivity (Wildman–Crippen MR) is 97.4 cm³/mol. The first-order valence-electron chi connectivity index (χ1n) is 8.30. The van der Waals surface area contributed by atoms with Crippen molar-refractivity contribution >= 4 is 16.9 Å². The van der Waals surface area contributed by atoms with Crippen molar-refractivity contribution in [3.05, 3.63) is 72.0 Å². The summed E-state index contributed by atoms with van der Waals surface area (Å²) in [4.78, 5) is 12.3. The SMILES string of the molecule is COCCNCC(=O)NC(c1ccccc1)c1cc2ccccc2o1. The molecule has 1 aromatic heterocycles. The summed E-state index contributed by atoms with van der Waals surface area (Å²) in [5.74, 6) is 0.628. The summed E-state index contributed by atoms with van der Waals surface area (Å²) in [5.41, 5.74) is 1.79. The molecule has 0 fully saturated rings. The number of fused-ring (bicyclic) bond motifs is 1. The van der Waals surface area contributed by atoms with Crippen molar-refractivity contribution in [3.63, 3.8) is 0 Å². The van der Waals surface area contributed by atoms with Gasteiger partial charge in [-0.1, -0.05) is 48.5 Å². The summed E-state index contributed by atoms with van der Waals surface area (Å²) >= 11 is 0. The normalized spacial score (nSPS) is 12.2. The van der Waals surface area contributed by atoms with Gasteiger partial charge >= 0.3 is 0 Å². The lowest BCUT2D eigenvalue weighted by Gasteiger charge is -2.17. The number of nitrogens with one attached hydrogen (secondary N) is 2. The number of carbonyl (C=O) groups excluding carboxylic acids is 1. The van der Waals surface area contributed by atoms with E-state index >= 15 is 0 Å². The van der Waals surface area contributed by atoms with Crippen LogP contribution in [0, 0.1) is 0 Å². The van der Waals surface area contributed by atoms with Crippen molar-refractivity contribution in [3.8, 4) is 0 Å². The van der Waals surface area contributed by atoms with Gasteiger partial charge in [0.1, 0.15) is 17.4 Å². The van der Waals surface area contributed by atoms with Crippen molar-refractivity contribution < 1.29 is 13.9 Å². The minimum atomic E-state index is -0.328. The number of hydrogen-bond donors (Lipinski definition) is 2. The lowest BCUT2D eigenvalue weighted by molar-refractivity contribution is -0.120. The number of ether oxygens (including phenoxy) is 1. The Balaban J connectivity index is 1.79. The zero-order chi connectivity index (χ0) is 17.5. The van der Waals surface area contributed by atoms with Crippen LogP contribution < -0.4 is 10.6 Å². The number of rotatable bonds is 8. The molecule has 0 aliphatic heterocycles. The van der Waals surface area contributed by atoms with Crippen LogP contribution in [-0.4, -0.2) is 32.7 Å². The Morgan fingerprint density at radius 2 is 1.88 bits per heavy atom. The van der Waals surface area contributed by atoms with Crippen molar-refractivity contribution in [2.24, 2.45) is 0 Å². The average Bonchev–Trinajstić information content (AvgIpc) is 3.08. The summed E-state index contributed by atoms with van der Waals surface area (Å²) in [6.07, 6.45) is 0. The molecule has 1 unspecified atom stereocenters. The van der Waals surface area contributed by atoms with Crippen molar-refractivity contribution in [1.82, 2.24) is 10.6 Å². The van der Waals surface area contributed by atoms with Crippen LogP contribution in [-0.2, 0) is 9.53 Å². The lowest BCUT2D eigenvalue weighted by atomic mass is 10.0. The summed E-state index contributed by atoms with van der Waals surface area (Å²) in [5, 5.41) is 7.12. The summed E-state index contributed by atoms with van der Waals surface area (Å²) in [7, 11) is 1.63. The maximum absolute atomic E-state index is 12.3. The van der Waals surface area contributed by atoms with E-state index < -0.39 is 0 Å². The molecule has 130 valence electrons. The molecule has 25 heavy (non-hydrogen) atoms. The molecule has 0 spiro atoms. The van der Waals surface area contributed by atoms with E-state index in [1.807, 2.05) is 60.7 Å². The lowest BCUT2D eigenvalue weighted by Crippen LogP contribution is -2.37. The third-order valence-corrected chi connectivity index (χ3v) is 3.94. The Labute approximate surface area is 147 Å². The van der Waals surface area contributed by atoms with Gasteiger partial charge in [0.25, 0.3) is 0 Å². The maximum atomic E-state index is 12.3. The molecule has 1 heterocycles. The highest BCUT2D eigenvalue weighted by molar-refractivity contribution is 5.80. The van der Waals surface area contributed by atoms with Crippen molar-refractivity contribution in [2.45, 2.75) is 6.04 Å². The number of para-hydroxylation sites is 1. The van der Waals surface area contributed by atoms with E-state index in [0.717, 1.165) is 22.3 Å². The number of benzene rings is 2. The Bertz CT molecular complexity index is 781. The van der Waals surface area contributed by atoms with Gasteiger partial charge < -0.3 is 19.8 Å². The fraction of sp³-hybridized carbons (Fsp3) is 0.250. The molecular formula is C20H22N2O3. The zero-order valence-electron chi connectivity index (χ0n) is 14.2. The monoisotopic (exact) mass is 338 g/mol. The van der Waals surface area contributed by atoms with E-state index in [1.54, 1.807) is 7.11 Å². The van der Waals surface area contributed by atoms with Gasteiger partial charge in [-0.25, -0.2) is 0 Å². The first kappa shape index (κ1) is 17.2. The molecule has 1 amide bonds. The fourth-order valence-electron chi connectivity index (χ4n) is 2.70. The Kier molecular flexibility index (Phi) is 5.82. The van der Waals surface area contributed by atoms with E-state index in [1.165, 1.54) is 0 Å². The predicted octanol–water partition coefficient (Wildman–Crippen LogP) is 2.87. The van der Waals surface area contributed by atoms with Gasteiger partial charge in [0.2, 0.25) is 5.91 Å². The number of amides is 1. The highest BCUT2D eigenvalue weighted by Gasteiger charge is 2.20. The van der Waals surface area contributed by atoms with Crippen LogP contribution >= 0.6 is 0 Å². The molecule has 1 atom stereocenters. The molecule has 2 aromatic carbocycles. The first-order valence-corrected chi connectivity index (χ1v) is 8.30. The van der Waals surface area contributed by atoms with Gasteiger partial charge in [0.05, 0.1) is 13.2 Å². The van der Waals surface area contributed by atoms with Crippen LogP contribution in [0.4, 0.5) is 0 Å². The third kappa shape index (κ3) is 4.47. The van der Waals surface area contributed by atoms with Gasteiger partial charge in [-0.3, -0.25) is 4.79 Å². The highest BCUT2D eigenvalue weighted by atomic mass is 16.5. The smallest absolute Gasteiger partial charge is 0.234 e. The molecule has 2 N–H and O–H groups in total. The highest BCUT2D eigenvalue weighted by Crippen LogP contribution is 2.28. The van der Waals surface area contributed by atoms with Crippen LogP contribution in [0.1, 0.15) is 17.4 Å². The first-order chi connectivity index (χ1) is 12.3. The van der Waals surface area contributed by atoms with Crippen LogP contribution in [0.5, 0.6) is 0 Å². The van der Waals surface area contributed by atoms with Crippen LogP contribution in [0.3, 0.4) is 0 Å². The van der Waals surface area contributed by atoms with Crippen LogP contribution in [0.15, 0.2) is 65.1 Å². The second-order valence-corrected chi connectivity index (χ2v) is 5.77. The molecule has 3 aromatic rings. The molecule has 0 saturated heterocycles. The Morgan fingerprint density at radius 1 is 1.12 bits per heavy atom. The quantitative estimate of drug-likeness (QED) is 0.620. The van der Waals surface area contributed by atoms with E-state index in [9.17, 15) is 4.79 Å². The number of hydrogen-bond acceptors (Lipinski definition) is 4. The molecule has 0 radical (unpaired) electrons. The second-order valence-electron chi connectivity index (χ2n) is 5.77. The van der Waals surface area contributed by atoms with E-state index in [2.05, 4.69) is 10.6 Å². The average molecular weight is 338 g/mol. The number of furan rings is 1. The maximum Gasteiger partial charge on any atom is 0.234 e. The van der Waals surface area contributed by atoms with Gasteiger partial charge in [0, 0.05) is 19.0 Å². The van der Waals surface area contributed by atoms with Crippen molar-refractivity contribution in [1.29, 1.82) is 0 Å². The molecule has 0 aliphatic rings. The molecule has 5 heteroatoms. The summed E-state index contributed by atoms with van der Waals surface area (Å²) < 4.78 is 10.9. The van der Waals surface area contributed by atoms with Gasteiger partial charge in [-0.05, 0) is 17.7 Å². The third-order valence-electron chi connectivity index (χ3n) is 3.94. The molecule has 3 rings (SSSR count). The second kappa shape index (κ2) is 8.46. The summed E-state index contributed by atoms with van der Waals surface area (Å²) in [6.45, 7) is 1.43. The molecular weight excluding hydrogens is 316 g/mol. The minimum Gasteiger partial charge on any atom is -0.459 e. The molecule has 0 bridgehead atoms. The molecule has 5 nitrogen and oxygen atoms in total. The number of methoxy groups -OCH3 is 1. The molecule has 0 saturated carbocycles. The minimum absolute atomic E-state index is 0.0922. The van der Waals surface area contributed by atoms with Gasteiger partial charge in [-0.2, -0.15) is 0 Å². The zero-order valence-corrected chi connectivity index (χ0v) is 14.2. The van der Waals surface area contributed by atoms with E-state index in [0.29, 0.717) is 13.2 Å². The largest absolute Gasteiger partial charge is 0.459 e. The summed E-state index contributed by atoms with van der Waals surface area (Å²) in [6, 6.07) is 19.3. The fourth-order valence-corrected chi connectivity index (χ4v) is 2.70. The number of carbonyl (C=O) groups is 1. The Hall–Kier alpha value is -2.63.